The highest BCUT2D eigenvalue weighted by Gasteiger charge is 2.67. The highest BCUT2D eigenvalue weighted by atomic mass is 32.2. The Kier molecular flexibility index (Phi) is 9.24. The van der Waals surface area contributed by atoms with Crippen molar-refractivity contribution in [1.29, 1.82) is 0 Å². The first-order chi connectivity index (χ1) is 20.7. The molecule has 1 aliphatic carbocycles. The summed E-state index contributed by atoms with van der Waals surface area (Å²) in [4.78, 5) is 25.1. The fourth-order valence-corrected chi connectivity index (χ4v) is 12.2. The normalized spacial score (nSPS) is 20.3. The molecule has 0 aliphatic heterocycles. The summed E-state index contributed by atoms with van der Waals surface area (Å²) in [7, 11) is -11.9. The van der Waals surface area contributed by atoms with Gasteiger partial charge in [0.15, 0.2) is 25.1 Å². The summed E-state index contributed by atoms with van der Waals surface area (Å²) in [5.74, 6) is -4.60. The third-order valence-corrected chi connectivity index (χ3v) is 14.6. The van der Waals surface area contributed by atoms with Crippen LogP contribution in [0.2, 0.25) is 0 Å². The number of sulfone groups is 3. The van der Waals surface area contributed by atoms with Crippen LogP contribution < -0.4 is 0 Å². The third-order valence-electron chi connectivity index (χ3n) is 8.20. The zero-order valence-corrected chi connectivity index (χ0v) is 26.5. The molecular formula is C31H32O10S3. The molecule has 0 radical (unpaired) electrons. The van der Waals surface area contributed by atoms with E-state index in [1.165, 1.54) is 72.8 Å². The predicted octanol–water partition coefficient (Wildman–Crippen LogP) is 3.79. The van der Waals surface area contributed by atoms with Crippen LogP contribution >= 0.6 is 0 Å². The number of esters is 2. The molecule has 2 unspecified atom stereocenters. The van der Waals surface area contributed by atoms with Crippen molar-refractivity contribution in [1.82, 2.24) is 0 Å². The Balaban J connectivity index is 2.11. The van der Waals surface area contributed by atoms with Gasteiger partial charge in [-0.3, -0.25) is 9.59 Å². The average Bonchev–Trinajstić information content (AvgIpc) is 3.04. The summed E-state index contributed by atoms with van der Waals surface area (Å²) in [5, 5.41) is 0. The number of hydrogen-bond acceptors (Lipinski definition) is 10. The Morgan fingerprint density at radius 2 is 1.16 bits per heavy atom. The fraction of sp³-hybridized carbons (Fsp3) is 0.290. The van der Waals surface area contributed by atoms with Gasteiger partial charge in [0.25, 0.3) is 0 Å². The summed E-state index contributed by atoms with van der Waals surface area (Å²) >= 11 is 0. The summed E-state index contributed by atoms with van der Waals surface area (Å²) in [5.41, 5.74) is -2.30. The molecule has 3 aromatic carbocycles. The maximum atomic E-state index is 14.9. The van der Waals surface area contributed by atoms with Gasteiger partial charge in [0, 0.05) is 0 Å². The minimum Gasteiger partial charge on any atom is -0.468 e. The second-order valence-electron chi connectivity index (χ2n) is 10.5. The molecule has 0 spiro atoms. The maximum Gasteiger partial charge on any atom is 0.323 e. The summed E-state index contributed by atoms with van der Waals surface area (Å²) in [6, 6.07) is 21.1. The molecule has 1 saturated carbocycles. The lowest BCUT2D eigenvalue weighted by Crippen LogP contribution is -2.61. The first-order valence-corrected chi connectivity index (χ1v) is 18.1. The van der Waals surface area contributed by atoms with Crippen molar-refractivity contribution in [3.05, 3.63) is 102 Å². The molecule has 0 N–H and O–H groups in total. The molecule has 2 atom stereocenters. The number of carbonyl (C=O) groups is 2. The van der Waals surface area contributed by atoms with Crippen molar-refractivity contribution >= 4 is 41.5 Å². The monoisotopic (exact) mass is 660 g/mol. The molecule has 0 aromatic heterocycles. The molecule has 0 saturated heterocycles. The quantitative estimate of drug-likeness (QED) is 0.232. The standard InChI is InChI=1S/C31H32O10S3/c1-23(43(36,37)26-15-9-5-10-16-26)31(44(38,39)27-17-11-6-12-18-27)22-30(28(32)40-2,29(33)41-3)20-19-24(31)21-42(34,35)25-13-7-4-8-14-25/h4-18,24H,1,19-22H2,2-3H3. The lowest BCUT2D eigenvalue weighted by atomic mass is 9.64. The van der Waals surface area contributed by atoms with E-state index in [0.29, 0.717) is 0 Å². The van der Waals surface area contributed by atoms with Gasteiger partial charge in [0.2, 0.25) is 9.84 Å². The number of rotatable bonds is 10. The first-order valence-electron chi connectivity index (χ1n) is 13.4. The van der Waals surface area contributed by atoms with Crippen LogP contribution in [0.4, 0.5) is 0 Å². The smallest absolute Gasteiger partial charge is 0.323 e. The first kappa shape index (κ1) is 33.1. The van der Waals surface area contributed by atoms with Crippen molar-refractivity contribution in [2.24, 2.45) is 11.3 Å². The van der Waals surface area contributed by atoms with Gasteiger partial charge in [-0.1, -0.05) is 61.2 Å². The van der Waals surface area contributed by atoms with E-state index in [1.807, 2.05) is 0 Å². The van der Waals surface area contributed by atoms with E-state index >= 15 is 0 Å². The minimum absolute atomic E-state index is 0.111. The van der Waals surface area contributed by atoms with Crippen LogP contribution in [0.25, 0.3) is 0 Å². The second-order valence-corrected chi connectivity index (χ2v) is 16.7. The number of methoxy groups -OCH3 is 2. The van der Waals surface area contributed by atoms with E-state index in [0.717, 1.165) is 14.2 Å². The van der Waals surface area contributed by atoms with Gasteiger partial charge in [0.1, 0.15) is 4.75 Å². The molecule has 0 amide bonds. The van der Waals surface area contributed by atoms with Gasteiger partial charge >= 0.3 is 11.9 Å². The Morgan fingerprint density at radius 1 is 0.727 bits per heavy atom. The summed E-state index contributed by atoms with van der Waals surface area (Å²) < 4.78 is 93.1. The number of benzene rings is 3. The van der Waals surface area contributed by atoms with Gasteiger partial charge < -0.3 is 9.47 Å². The van der Waals surface area contributed by atoms with Crippen molar-refractivity contribution in [3.8, 4) is 0 Å². The van der Waals surface area contributed by atoms with E-state index < -0.39 is 74.6 Å². The predicted molar refractivity (Wildman–Crippen MR) is 161 cm³/mol. The molecule has 234 valence electrons. The number of hydrogen-bond donors (Lipinski definition) is 0. The van der Waals surface area contributed by atoms with Gasteiger partial charge in [-0.05, 0) is 61.6 Å². The SMILES string of the molecule is C=C(C1(S(=O)(=O)c2ccccc2)CC(C(=O)OC)(C(=O)OC)CCC1CS(=O)(=O)c1ccccc1)S(=O)(=O)c1ccccc1. The largest absolute Gasteiger partial charge is 0.468 e. The van der Waals surface area contributed by atoms with Crippen LogP contribution in [-0.4, -0.2) is 61.9 Å². The Morgan fingerprint density at radius 3 is 1.61 bits per heavy atom. The molecule has 13 heteroatoms. The third kappa shape index (κ3) is 5.48. The Labute approximate surface area is 257 Å². The topological polar surface area (TPSA) is 155 Å². The van der Waals surface area contributed by atoms with Gasteiger partial charge in [-0.15, -0.1) is 0 Å². The van der Waals surface area contributed by atoms with Crippen LogP contribution in [0.3, 0.4) is 0 Å². The Bertz CT molecular complexity index is 1860. The summed E-state index contributed by atoms with van der Waals surface area (Å²) in [6.45, 7) is 3.81. The zero-order chi connectivity index (χ0) is 32.4. The van der Waals surface area contributed by atoms with Crippen LogP contribution in [0.15, 0.2) is 117 Å². The van der Waals surface area contributed by atoms with Crippen molar-refractivity contribution in [2.75, 3.05) is 20.0 Å². The van der Waals surface area contributed by atoms with Crippen molar-refractivity contribution in [3.63, 3.8) is 0 Å². The molecule has 0 bridgehead atoms. The number of carbonyl (C=O) groups excluding carboxylic acids is 2. The van der Waals surface area contributed by atoms with Gasteiger partial charge in [-0.25, -0.2) is 25.3 Å². The zero-order valence-electron chi connectivity index (χ0n) is 24.1. The molecule has 1 fully saturated rings. The average molecular weight is 661 g/mol. The molecule has 4 rings (SSSR count). The second kappa shape index (κ2) is 12.3. The molecule has 1 aliphatic rings. The highest BCUT2D eigenvalue weighted by molar-refractivity contribution is 7.99. The van der Waals surface area contributed by atoms with E-state index in [2.05, 4.69) is 6.58 Å². The van der Waals surface area contributed by atoms with Gasteiger partial charge in [0.05, 0.1) is 39.6 Å². The molecular weight excluding hydrogens is 629 g/mol. The van der Waals surface area contributed by atoms with Crippen LogP contribution in [0.1, 0.15) is 19.3 Å². The van der Waals surface area contributed by atoms with Crippen LogP contribution in [0, 0.1) is 11.3 Å². The number of ether oxygens (including phenoxy) is 2. The van der Waals surface area contributed by atoms with Crippen LogP contribution in [-0.2, 0) is 48.6 Å². The molecule has 44 heavy (non-hydrogen) atoms. The lowest BCUT2D eigenvalue weighted by Gasteiger charge is -2.49. The van der Waals surface area contributed by atoms with E-state index in [1.54, 1.807) is 18.2 Å². The lowest BCUT2D eigenvalue weighted by molar-refractivity contribution is -0.173. The van der Waals surface area contributed by atoms with Crippen molar-refractivity contribution < 1.29 is 44.3 Å². The fourth-order valence-electron chi connectivity index (χ4n) is 5.93. The minimum atomic E-state index is -4.93. The van der Waals surface area contributed by atoms with E-state index in [4.69, 9.17) is 9.47 Å². The van der Waals surface area contributed by atoms with E-state index in [-0.39, 0.29) is 27.5 Å². The maximum absolute atomic E-state index is 14.9. The Hall–Kier alpha value is -3.81. The van der Waals surface area contributed by atoms with E-state index in [9.17, 15) is 34.8 Å². The van der Waals surface area contributed by atoms with Crippen molar-refractivity contribution in [2.45, 2.75) is 38.7 Å². The van der Waals surface area contributed by atoms with Crippen LogP contribution in [0.5, 0.6) is 0 Å². The highest BCUT2D eigenvalue weighted by Crippen LogP contribution is 2.56. The van der Waals surface area contributed by atoms with Gasteiger partial charge in [-0.2, -0.15) is 0 Å². The molecule has 3 aromatic rings. The molecule has 10 nitrogen and oxygen atoms in total. The molecule has 0 heterocycles. The summed E-state index contributed by atoms with van der Waals surface area (Å²) in [6.07, 6.45) is -1.74.